The van der Waals surface area contributed by atoms with E-state index in [1.807, 2.05) is 55.5 Å². The van der Waals surface area contributed by atoms with Crippen LogP contribution < -0.4 is 9.13 Å². The molecule has 0 fully saturated rings. The summed E-state index contributed by atoms with van der Waals surface area (Å²) in [6.45, 7) is 0.783. The minimum Gasteiger partial charge on any atom is -0.507 e. The number of hydrogen-bond acceptors (Lipinski definition) is 1. The number of aromatic hydroxyl groups is 1. The van der Waals surface area contributed by atoms with Crippen LogP contribution in [0.25, 0.3) is 10.9 Å². The summed E-state index contributed by atoms with van der Waals surface area (Å²) in [6.07, 6.45) is 11.0. The van der Waals surface area contributed by atoms with Crippen LogP contribution in [0, 0.1) is 0 Å². The first-order valence-electron chi connectivity index (χ1n) is 8.78. The Morgan fingerprint density at radius 1 is 0.885 bits per heavy atom. The Hall–Kier alpha value is -3.14. The fraction of sp³-hybridized carbons (Fsp3) is 0.182. The van der Waals surface area contributed by atoms with Gasteiger partial charge in [-0.2, -0.15) is 0 Å². The molecule has 4 nitrogen and oxygen atoms in total. The molecule has 0 radical (unpaired) electrons. The Labute approximate surface area is 153 Å². The van der Waals surface area contributed by atoms with Gasteiger partial charge >= 0.3 is 0 Å². The van der Waals surface area contributed by atoms with Crippen LogP contribution in [0.5, 0.6) is 5.75 Å². The number of fused-ring (bicyclic) bond motifs is 1. The van der Waals surface area contributed by atoms with Crippen LogP contribution in [0.4, 0.5) is 0 Å². The maximum absolute atomic E-state index is 10.8. The van der Waals surface area contributed by atoms with E-state index < -0.39 is 0 Å². The van der Waals surface area contributed by atoms with Gasteiger partial charge in [0.05, 0.1) is 12.1 Å². The molecule has 0 aliphatic rings. The smallest absolute Gasteiger partial charge is 0.173 e. The molecule has 1 N–H and O–H groups in total. The van der Waals surface area contributed by atoms with E-state index in [2.05, 4.69) is 45.8 Å². The lowest BCUT2D eigenvalue weighted by Crippen LogP contribution is -2.27. The minimum absolute atomic E-state index is 0.381. The zero-order valence-corrected chi connectivity index (χ0v) is 15.1. The first-order valence-corrected chi connectivity index (χ1v) is 8.78. The van der Waals surface area contributed by atoms with E-state index >= 15 is 0 Å². The third kappa shape index (κ3) is 3.18. The lowest BCUT2D eigenvalue weighted by Gasteiger charge is -2.08. The first-order chi connectivity index (χ1) is 12.6. The fourth-order valence-electron chi connectivity index (χ4n) is 3.50. The summed E-state index contributed by atoms with van der Waals surface area (Å²) in [5.41, 5.74) is 4.41. The van der Waals surface area contributed by atoms with Crippen molar-refractivity contribution in [3.05, 3.63) is 90.1 Å². The standard InChI is InChI=1S/C22H22N3O/c1-23-10-3-5-17(14-23)13-19-7-8-21-20(22(19)26)9-12-25(21)16-18-6-4-11-24(2)15-18/h3-12,14-15H,13,16H2,1-2H3/q+1/p+1. The SMILES string of the molecule is C[n+]1cccc(Cc2ccc3c(ccn3Cc3ccc[n+](C)c3)c2O)c1. The van der Waals surface area contributed by atoms with Crippen molar-refractivity contribution in [1.29, 1.82) is 0 Å². The molecule has 26 heavy (non-hydrogen) atoms. The van der Waals surface area contributed by atoms with Gasteiger partial charge in [-0.25, -0.2) is 9.13 Å². The van der Waals surface area contributed by atoms with E-state index in [9.17, 15) is 5.11 Å². The molecule has 0 saturated carbocycles. The predicted molar refractivity (Wildman–Crippen MR) is 101 cm³/mol. The second-order valence-corrected chi connectivity index (χ2v) is 6.88. The first kappa shape index (κ1) is 16.3. The molecule has 130 valence electrons. The molecule has 4 aromatic rings. The number of nitrogens with zero attached hydrogens (tertiary/aromatic N) is 3. The molecule has 1 aromatic carbocycles. The van der Waals surface area contributed by atoms with Crippen molar-refractivity contribution in [2.45, 2.75) is 13.0 Å². The van der Waals surface area contributed by atoms with Gasteiger partial charge in [-0.1, -0.05) is 6.07 Å². The molecule has 0 unspecified atom stereocenters. The van der Waals surface area contributed by atoms with Crippen LogP contribution in [0.3, 0.4) is 0 Å². The molecule has 0 spiro atoms. The fourth-order valence-corrected chi connectivity index (χ4v) is 3.50. The number of aromatic nitrogens is 3. The molecule has 0 atom stereocenters. The van der Waals surface area contributed by atoms with Crippen molar-refractivity contribution in [3.8, 4) is 5.75 Å². The lowest BCUT2D eigenvalue weighted by molar-refractivity contribution is -0.672. The van der Waals surface area contributed by atoms with E-state index in [0.717, 1.165) is 29.4 Å². The lowest BCUT2D eigenvalue weighted by atomic mass is 10.0. The van der Waals surface area contributed by atoms with Gasteiger partial charge in [0.15, 0.2) is 24.8 Å². The number of benzene rings is 1. The van der Waals surface area contributed by atoms with Gasteiger partial charge in [0.1, 0.15) is 19.8 Å². The Bertz CT molecular complexity index is 1080. The number of pyridine rings is 2. The van der Waals surface area contributed by atoms with Crippen LogP contribution in [-0.4, -0.2) is 9.67 Å². The average molecular weight is 345 g/mol. The second kappa shape index (κ2) is 6.64. The molecule has 4 rings (SSSR count). The molecule has 0 amide bonds. The monoisotopic (exact) mass is 345 g/mol. The maximum Gasteiger partial charge on any atom is 0.173 e. The summed E-state index contributed by atoms with van der Waals surface area (Å²) in [7, 11) is 4.04. The van der Waals surface area contributed by atoms with Crippen molar-refractivity contribution in [2.75, 3.05) is 0 Å². The van der Waals surface area contributed by atoms with Crippen molar-refractivity contribution < 1.29 is 14.2 Å². The third-order valence-electron chi connectivity index (χ3n) is 4.76. The highest BCUT2D eigenvalue weighted by Gasteiger charge is 2.12. The number of rotatable bonds is 4. The summed E-state index contributed by atoms with van der Waals surface area (Å²) < 4.78 is 6.26. The summed E-state index contributed by atoms with van der Waals surface area (Å²) >= 11 is 0. The van der Waals surface area contributed by atoms with Crippen molar-refractivity contribution in [3.63, 3.8) is 0 Å². The van der Waals surface area contributed by atoms with Crippen molar-refractivity contribution in [1.82, 2.24) is 4.57 Å². The van der Waals surface area contributed by atoms with Crippen LogP contribution >= 0.6 is 0 Å². The largest absolute Gasteiger partial charge is 0.507 e. The summed E-state index contributed by atoms with van der Waals surface area (Å²) in [5, 5.41) is 11.7. The van der Waals surface area contributed by atoms with Gasteiger partial charge in [-0.15, -0.1) is 0 Å². The van der Waals surface area contributed by atoms with Gasteiger partial charge in [-0.3, -0.25) is 0 Å². The number of phenolic OH excluding ortho intramolecular Hbond substituents is 1. The molecular formula is C22H23N3O+2. The molecule has 4 heteroatoms. The van der Waals surface area contributed by atoms with E-state index in [4.69, 9.17) is 0 Å². The highest BCUT2D eigenvalue weighted by atomic mass is 16.3. The van der Waals surface area contributed by atoms with Gasteiger partial charge in [0, 0.05) is 41.3 Å². The average Bonchev–Trinajstić information content (AvgIpc) is 3.01. The molecule has 3 aromatic heterocycles. The molecule has 3 heterocycles. The zero-order chi connectivity index (χ0) is 18.1. The van der Waals surface area contributed by atoms with E-state index in [0.29, 0.717) is 5.75 Å². The van der Waals surface area contributed by atoms with Crippen LogP contribution in [0.2, 0.25) is 0 Å². The van der Waals surface area contributed by atoms with Gasteiger partial charge in [0.25, 0.3) is 0 Å². The van der Waals surface area contributed by atoms with Crippen LogP contribution in [-0.2, 0) is 27.1 Å². The molecular weight excluding hydrogens is 322 g/mol. The highest BCUT2D eigenvalue weighted by Crippen LogP contribution is 2.31. The number of aryl methyl sites for hydroxylation is 2. The highest BCUT2D eigenvalue weighted by molar-refractivity contribution is 5.87. The normalized spacial score (nSPS) is 11.2. The number of hydrogen-bond donors (Lipinski definition) is 1. The summed E-state index contributed by atoms with van der Waals surface area (Å²) in [4.78, 5) is 0. The van der Waals surface area contributed by atoms with Gasteiger partial charge in [-0.05, 0) is 29.8 Å². The Kier molecular flexibility index (Phi) is 4.17. The Morgan fingerprint density at radius 2 is 1.58 bits per heavy atom. The van der Waals surface area contributed by atoms with Crippen LogP contribution in [0.15, 0.2) is 73.4 Å². The van der Waals surface area contributed by atoms with E-state index in [1.165, 1.54) is 11.1 Å². The van der Waals surface area contributed by atoms with Crippen LogP contribution in [0.1, 0.15) is 16.7 Å². The van der Waals surface area contributed by atoms with Crippen molar-refractivity contribution >= 4 is 10.9 Å². The maximum atomic E-state index is 10.8. The molecule has 0 saturated heterocycles. The summed E-state index contributed by atoms with van der Waals surface area (Å²) in [5.74, 6) is 0.381. The topological polar surface area (TPSA) is 32.9 Å². The quantitative estimate of drug-likeness (QED) is 0.567. The molecule has 0 aliphatic carbocycles. The van der Waals surface area contributed by atoms with E-state index in [1.54, 1.807) is 0 Å². The minimum atomic E-state index is 0.381. The molecule has 0 bridgehead atoms. The number of phenols is 1. The van der Waals surface area contributed by atoms with Crippen molar-refractivity contribution in [2.24, 2.45) is 14.1 Å². The predicted octanol–water partition coefficient (Wildman–Crippen LogP) is 2.64. The van der Waals surface area contributed by atoms with Gasteiger partial charge < -0.3 is 9.67 Å². The third-order valence-corrected chi connectivity index (χ3v) is 4.76. The van der Waals surface area contributed by atoms with E-state index in [-0.39, 0.29) is 0 Å². The second-order valence-electron chi connectivity index (χ2n) is 6.88. The van der Waals surface area contributed by atoms with Gasteiger partial charge in [0.2, 0.25) is 0 Å². The Balaban J connectivity index is 1.66. The summed E-state index contributed by atoms with van der Waals surface area (Å²) in [6, 6.07) is 14.4. The Morgan fingerprint density at radius 3 is 2.31 bits per heavy atom. The zero-order valence-electron chi connectivity index (χ0n) is 15.1. The molecule has 0 aliphatic heterocycles.